The first-order valence-corrected chi connectivity index (χ1v) is 6.34. The number of ether oxygens (including phenoxy) is 1. The first kappa shape index (κ1) is 13.5. The molecule has 0 unspecified atom stereocenters. The molecule has 0 amide bonds. The number of anilines is 1. The summed E-state index contributed by atoms with van der Waals surface area (Å²) in [6.07, 6.45) is 2.65. The number of rotatable bonds is 6. The quantitative estimate of drug-likeness (QED) is 0.477. The fourth-order valence-electron chi connectivity index (χ4n) is 1.62. The zero-order chi connectivity index (χ0) is 13.7. The van der Waals surface area contributed by atoms with Gasteiger partial charge in [0.2, 0.25) is 5.28 Å². The van der Waals surface area contributed by atoms with E-state index in [0.717, 1.165) is 5.39 Å². The zero-order valence-corrected chi connectivity index (χ0v) is 11.2. The maximum atomic E-state index is 11.2. The minimum atomic E-state index is -0.196. The van der Waals surface area contributed by atoms with E-state index in [0.29, 0.717) is 37.5 Å². The molecule has 2 heterocycles. The van der Waals surface area contributed by atoms with Gasteiger partial charge in [0.25, 0.3) is 0 Å². The second-order valence-corrected chi connectivity index (χ2v) is 4.15. The van der Waals surface area contributed by atoms with E-state index in [4.69, 9.17) is 16.3 Å². The van der Waals surface area contributed by atoms with Crippen LogP contribution < -0.4 is 5.32 Å². The second kappa shape index (κ2) is 6.33. The van der Waals surface area contributed by atoms with Crippen LogP contribution >= 0.6 is 11.6 Å². The summed E-state index contributed by atoms with van der Waals surface area (Å²) in [5.74, 6) is 0.408. The summed E-state index contributed by atoms with van der Waals surface area (Å²) in [5, 5.41) is 10.6. The molecule has 7 nitrogen and oxygen atoms in total. The lowest BCUT2D eigenvalue weighted by atomic mass is 10.3. The molecule has 2 aromatic rings. The van der Waals surface area contributed by atoms with Gasteiger partial charge in [-0.3, -0.25) is 9.89 Å². The SMILES string of the molecule is CCOC(=O)CCCNc1nc(Cl)nc2[nH]ncc12. The van der Waals surface area contributed by atoms with Crippen molar-refractivity contribution in [3.05, 3.63) is 11.5 Å². The molecule has 19 heavy (non-hydrogen) atoms. The zero-order valence-electron chi connectivity index (χ0n) is 10.4. The van der Waals surface area contributed by atoms with Crippen molar-refractivity contribution in [3.8, 4) is 0 Å². The highest BCUT2D eigenvalue weighted by atomic mass is 35.5. The number of halogens is 1. The van der Waals surface area contributed by atoms with Crippen molar-refractivity contribution in [2.45, 2.75) is 19.8 Å². The lowest BCUT2D eigenvalue weighted by molar-refractivity contribution is -0.143. The largest absolute Gasteiger partial charge is 0.466 e. The molecule has 0 spiro atoms. The Hall–Kier alpha value is -1.89. The van der Waals surface area contributed by atoms with Crippen LogP contribution in [0.5, 0.6) is 0 Å². The van der Waals surface area contributed by atoms with Gasteiger partial charge in [-0.1, -0.05) is 0 Å². The third-order valence-corrected chi connectivity index (χ3v) is 2.61. The first-order valence-electron chi connectivity index (χ1n) is 5.97. The Balaban J connectivity index is 1.91. The average Bonchev–Trinajstić information content (AvgIpc) is 2.82. The highest BCUT2D eigenvalue weighted by Gasteiger charge is 2.08. The summed E-state index contributed by atoms with van der Waals surface area (Å²) >= 11 is 5.80. The third kappa shape index (κ3) is 3.54. The average molecular weight is 284 g/mol. The number of esters is 1. The second-order valence-electron chi connectivity index (χ2n) is 3.81. The van der Waals surface area contributed by atoms with Crippen LogP contribution in [0.2, 0.25) is 5.28 Å². The molecule has 2 N–H and O–H groups in total. The Kier molecular flexibility index (Phi) is 4.51. The van der Waals surface area contributed by atoms with Crippen molar-refractivity contribution in [1.29, 1.82) is 0 Å². The molecule has 0 bridgehead atoms. The Morgan fingerprint density at radius 1 is 1.53 bits per heavy atom. The van der Waals surface area contributed by atoms with Crippen LogP contribution in [0.15, 0.2) is 6.20 Å². The number of hydrogen-bond donors (Lipinski definition) is 2. The molecule has 2 rings (SSSR count). The fraction of sp³-hybridized carbons (Fsp3) is 0.455. The number of aromatic nitrogens is 4. The maximum absolute atomic E-state index is 11.2. The molecule has 102 valence electrons. The number of H-pyrrole nitrogens is 1. The summed E-state index contributed by atoms with van der Waals surface area (Å²) in [5.41, 5.74) is 0.577. The predicted molar refractivity (Wildman–Crippen MR) is 71.1 cm³/mol. The lowest BCUT2D eigenvalue weighted by Crippen LogP contribution is -2.09. The number of carbonyl (C=O) groups is 1. The molecule has 8 heteroatoms. The summed E-state index contributed by atoms with van der Waals surface area (Å²) in [6.45, 7) is 2.78. The number of fused-ring (bicyclic) bond motifs is 1. The van der Waals surface area contributed by atoms with Crippen LogP contribution in [-0.4, -0.2) is 39.3 Å². The Morgan fingerprint density at radius 3 is 3.16 bits per heavy atom. The number of aromatic amines is 1. The highest BCUT2D eigenvalue weighted by Crippen LogP contribution is 2.19. The van der Waals surface area contributed by atoms with E-state index >= 15 is 0 Å². The standard InChI is InChI=1S/C11H14ClN5O2/c1-2-19-8(18)4-3-5-13-9-7-6-14-17-10(7)16-11(12)15-9/h6H,2-5H2,1H3,(H2,13,14,15,16,17). The van der Waals surface area contributed by atoms with Gasteiger partial charge < -0.3 is 10.1 Å². The van der Waals surface area contributed by atoms with Crippen molar-refractivity contribution < 1.29 is 9.53 Å². The lowest BCUT2D eigenvalue weighted by Gasteiger charge is -2.06. The van der Waals surface area contributed by atoms with Crippen LogP contribution in [0.25, 0.3) is 11.0 Å². The molecule has 0 aliphatic rings. The van der Waals surface area contributed by atoms with E-state index in [2.05, 4.69) is 25.5 Å². The van der Waals surface area contributed by atoms with Gasteiger partial charge in [-0.2, -0.15) is 15.1 Å². The van der Waals surface area contributed by atoms with E-state index < -0.39 is 0 Å². The van der Waals surface area contributed by atoms with Gasteiger partial charge in [0.05, 0.1) is 18.2 Å². The number of nitrogens with one attached hydrogen (secondary N) is 2. The van der Waals surface area contributed by atoms with Crippen molar-refractivity contribution in [2.75, 3.05) is 18.5 Å². The van der Waals surface area contributed by atoms with Gasteiger partial charge in [0, 0.05) is 13.0 Å². The first-order chi connectivity index (χ1) is 9.20. The third-order valence-electron chi connectivity index (χ3n) is 2.44. The number of nitrogens with zero attached hydrogens (tertiary/aromatic N) is 3. The smallest absolute Gasteiger partial charge is 0.305 e. The minimum Gasteiger partial charge on any atom is -0.466 e. The molecule has 0 aliphatic heterocycles. The van der Waals surface area contributed by atoms with Gasteiger partial charge in [0.1, 0.15) is 5.82 Å². The Morgan fingerprint density at radius 2 is 2.37 bits per heavy atom. The molecule has 0 saturated heterocycles. The highest BCUT2D eigenvalue weighted by molar-refractivity contribution is 6.28. The van der Waals surface area contributed by atoms with Crippen LogP contribution in [-0.2, 0) is 9.53 Å². The minimum absolute atomic E-state index is 0.143. The molecule has 0 atom stereocenters. The Labute approximate surface area is 114 Å². The number of carbonyl (C=O) groups excluding carboxylic acids is 1. The topological polar surface area (TPSA) is 92.8 Å². The van der Waals surface area contributed by atoms with Crippen molar-refractivity contribution in [2.24, 2.45) is 0 Å². The molecular weight excluding hydrogens is 270 g/mol. The van der Waals surface area contributed by atoms with Gasteiger partial charge >= 0.3 is 5.97 Å². The predicted octanol–water partition coefficient (Wildman–Crippen LogP) is 1.76. The Bertz CT molecular complexity index is 571. The van der Waals surface area contributed by atoms with Gasteiger partial charge in [-0.05, 0) is 24.9 Å². The van der Waals surface area contributed by atoms with Gasteiger partial charge in [0.15, 0.2) is 5.65 Å². The van der Waals surface area contributed by atoms with Crippen molar-refractivity contribution >= 4 is 34.4 Å². The summed E-state index contributed by atoms with van der Waals surface area (Å²) in [4.78, 5) is 19.3. The van der Waals surface area contributed by atoms with E-state index in [1.165, 1.54) is 0 Å². The molecule has 0 aliphatic carbocycles. The summed E-state index contributed by atoms with van der Waals surface area (Å²) < 4.78 is 4.84. The normalized spacial score (nSPS) is 10.6. The molecule has 0 fully saturated rings. The van der Waals surface area contributed by atoms with E-state index in [-0.39, 0.29) is 11.3 Å². The maximum Gasteiger partial charge on any atom is 0.305 e. The molecule has 0 radical (unpaired) electrons. The van der Waals surface area contributed by atoms with Crippen LogP contribution in [0, 0.1) is 0 Å². The molecule has 0 aromatic carbocycles. The van der Waals surface area contributed by atoms with Crippen LogP contribution in [0.4, 0.5) is 5.82 Å². The number of hydrogen-bond acceptors (Lipinski definition) is 6. The van der Waals surface area contributed by atoms with Crippen molar-refractivity contribution in [1.82, 2.24) is 20.2 Å². The molecule has 2 aromatic heterocycles. The van der Waals surface area contributed by atoms with Gasteiger partial charge in [-0.15, -0.1) is 0 Å². The van der Waals surface area contributed by atoms with E-state index in [9.17, 15) is 4.79 Å². The van der Waals surface area contributed by atoms with Crippen molar-refractivity contribution in [3.63, 3.8) is 0 Å². The van der Waals surface area contributed by atoms with E-state index in [1.54, 1.807) is 13.1 Å². The van der Waals surface area contributed by atoms with E-state index in [1.807, 2.05) is 0 Å². The fourth-order valence-corrected chi connectivity index (χ4v) is 1.78. The van der Waals surface area contributed by atoms with Crippen LogP contribution in [0.1, 0.15) is 19.8 Å². The summed E-state index contributed by atoms with van der Waals surface area (Å²) in [7, 11) is 0. The molecular formula is C11H14ClN5O2. The van der Waals surface area contributed by atoms with Gasteiger partial charge in [-0.25, -0.2) is 0 Å². The summed E-state index contributed by atoms with van der Waals surface area (Å²) in [6, 6.07) is 0. The monoisotopic (exact) mass is 283 g/mol. The van der Waals surface area contributed by atoms with Crippen LogP contribution in [0.3, 0.4) is 0 Å². The molecule has 0 saturated carbocycles.